The van der Waals surface area contributed by atoms with Crippen molar-refractivity contribution in [1.29, 1.82) is 0 Å². The van der Waals surface area contributed by atoms with Crippen molar-refractivity contribution >= 4 is 50.6 Å². The summed E-state index contributed by atoms with van der Waals surface area (Å²) in [6, 6.07) is 7.39. The van der Waals surface area contributed by atoms with Crippen LogP contribution in [0.5, 0.6) is 5.75 Å². The molecule has 3 rings (SSSR count). The number of hydrogen-bond donors (Lipinski definition) is 1. The summed E-state index contributed by atoms with van der Waals surface area (Å²) in [5.41, 5.74) is 1.11. The number of para-hydroxylation sites is 2. The number of benzene rings is 1. The number of anilines is 2. The molecule has 3 aromatic rings. The summed E-state index contributed by atoms with van der Waals surface area (Å²) >= 11 is 7.32. The van der Waals surface area contributed by atoms with E-state index in [9.17, 15) is 4.79 Å². The van der Waals surface area contributed by atoms with Gasteiger partial charge in [-0.05, 0) is 30.7 Å². The normalized spacial score (nSPS) is 10.6. The van der Waals surface area contributed by atoms with Crippen molar-refractivity contribution in [1.82, 2.24) is 9.97 Å². The van der Waals surface area contributed by atoms with Crippen LogP contribution in [0.1, 0.15) is 17.3 Å². The fourth-order valence-corrected chi connectivity index (χ4v) is 3.37. The molecule has 2 aromatic heterocycles. The average Bonchev–Trinajstić information content (AvgIpc) is 2.99. The van der Waals surface area contributed by atoms with Gasteiger partial charge in [-0.2, -0.15) is 4.98 Å². The van der Waals surface area contributed by atoms with E-state index >= 15 is 0 Å². The van der Waals surface area contributed by atoms with Crippen molar-refractivity contribution in [3.05, 3.63) is 40.5 Å². The molecule has 0 saturated heterocycles. The predicted octanol–water partition coefficient (Wildman–Crippen LogP) is 4.27. The van der Waals surface area contributed by atoms with Crippen molar-refractivity contribution in [3.8, 4) is 5.75 Å². The average molecular weight is 364 g/mol. The largest absolute Gasteiger partial charge is 0.495 e. The van der Waals surface area contributed by atoms with E-state index < -0.39 is 5.97 Å². The van der Waals surface area contributed by atoms with E-state index in [2.05, 4.69) is 15.3 Å². The number of thiophene rings is 1. The second-order valence-corrected chi connectivity index (χ2v) is 5.91. The molecule has 0 unspecified atom stereocenters. The van der Waals surface area contributed by atoms with Crippen LogP contribution in [0.4, 0.5) is 11.5 Å². The highest BCUT2D eigenvalue weighted by Crippen LogP contribution is 2.35. The van der Waals surface area contributed by atoms with Gasteiger partial charge in [0.05, 0.1) is 30.4 Å². The lowest BCUT2D eigenvalue weighted by molar-refractivity contribution is 0.0529. The van der Waals surface area contributed by atoms with Gasteiger partial charge in [0.2, 0.25) is 5.28 Å². The van der Waals surface area contributed by atoms with Gasteiger partial charge in [0.1, 0.15) is 16.4 Å². The van der Waals surface area contributed by atoms with Crippen LogP contribution < -0.4 is 10.1 Å². The molecule has 0 aliphatic rings. The van der Waals surface area contributed by atoms with Crippen molar-refractivity contribution in [2.24, 2.45) is 0 Å². The second-order valence-electron chi connectivity index (χ2n) is 4.72. The van der Waals surface area contributed by atoms with E-state index in [0.29, 0.717) is 39.6 Å². The maximum atomic E-state index is 12.2. The first-order valence-electron chi connectivity index (χ1n) is 7.16. The molecule has 0 fully saturated rings. The second kappa shape index (κ2) is 7.02. The molecule has 0 spiro atoms. The van der Waals surface area contributed by atoms with Gasteiger partial charge in [-0.25, -0.2) is 9.78 Å². The Morgan fingerprint density at radius 2 is 2.12 bits per heavy atom. The van der Waals surface area contributed by atoms with Gasteiger partial charge in [-0.15, -0.1) is 11.3 Å². The van der Waals surface area contributed by atoms with Crippen LogP contribution in [0.25, 0.3) is 10.2 Å². The molecule has 0 aliphatic heterocycles. The number of aromatic nitrogens is 2. The number of hydrogen-bond acceptors (Lipinski definition) is 7. The minimum absolute atomic E-state index is 0.0946. The molecule has 0 atom stereocenters. The third-order valence-corrected chi connectivity index (χ3v) is 4.30. The summed E-state index contributed by atoms with van der Waals surface area (Å²) < 4.78 is 10.4. The van der Waals surface area contributed by atoms with Gasteiger partial charge >= 0.3 is 5.97 Å². The maximum Gasteiger partial charge on any atom is 0.339 e. The summed E-state index contributed by atoms with van der Waals surface area (Å²) in [5, 5.41) is 5.54. The lowest BCUT2D eigenvalue weighted by atomic mass is 10.2. The van der Waals surface area contributed by atoms with E-state index in [0.717, 1.165) is 0 Å². The molecule has 0 saturated carbocycles. The molecule has 6 nitrogen and oxygen atoms in total. The molecule has 124 valence electrons. The Kier molecular flexibility index (Phi) is 4.82. The molecule has 0 aliphatic carbocycles. The monoisotopic (exact) mass is 363 g/mol. The van der Waals surface area contributed by atoms with Crippen LogP contribution in [0.2, 0.25) is 5.28 Å². The maximum absolute atomic E-state index is 12.2. The minimum Gasteiger partial charge on any atom is -0.495 e. The highest BCUT2D eigenvalue weighted by atomic mass is 35.5. The minimum atomic E-state index is -0.419. The first-order valence-corrected chi connectivity index (χ1v) is 8.41. The van der Waals surface area contributed by atoms with Crippen LogP contribution in [-0.4, -0.2) is 29.7 Å². The Morgan fingerprint density at radius 1 is 1.33 bits per heavy atom. The Labute approximate surface area is 147 Å². The fourth-order valence-electron chi connectivity index (χ4n) is 2.24. The molecule has 0 bridgehead atoms. The number of nitrogens with one attached hydrogen (secondary N) is 1. The number of fused-ring (bicyclic) bond motifs is 1. The Balaban J connectivity index is 2.12. The van der Waals surface area contributed by atoms with Gasteiger partial charge in [-0.3, -0.25) is 0 Å². The molecule has 2 heterocycles. The highest BCUT2D eigenvalue weighted by Gasteiger charge is 2.20. The Bertz CT molecular complexity index is 897. The first-order chi connectivity index (χ1) is 11.6. The SMILES string of the molecule is CCOC(=O)c1csc2nc(Cl)nc(Nc3ccccc3OC)c12. The molecule has 24 heavy (non-hydrogen) atoms. The summed E-state index contributed by atoms with van der Waals surface area (Å²) in [6.45, 7) is 2.05. The molecule has 0 amide bonds. The Morgan fingerprint density at radius 3 is 2.88 bits per heavy atom. The zero-order valence-electron chi connectivity index (χ0n) is 13.0. The van der Waals surface area contributed by atoms with Crippen LogP contribution in [0.3, 0.4) is 0 Å². The topological polar surface area (TPSA) is 73.3 Å². The van der Waals surface area contributed by atoms with Gasteiger partial charge in [-0.1, -0.05) is 12.1 Å². The third kappa shape index (κ3) is 3.13. The van der Waals surface area contributed by atoms with Crippen LogP contribution >= 0.6 is 22.9 Å². The number of carbonyl (C=O) groups excluding carboxylic acids is 1. The van der Waals surface area contributed by atoms with E-state index in [-0.39, 0.29) is 5.28 Å². The predicted molar refractivity (Wildman–Crippen MR) is 94.7 cm³/mol. The number of methoxy groups -OCH3 is 1. The molecular weight excluding hydrogens is 350 g/mol. The number of rotatable bonds is 5. The molecule has 1 N–H and O–H groups in total. The first kappa shape index (κ1) is 16.5. The lowest BCUT2D eigenvalue weighted by Gasteiger charge is -2.12. The van der Waals surface area contributed by atoms with Gasteiger partial charge in [0.25, 0.3) is 0 Å². The summed E-state index contributed by atoms with van der Waals surface area (Å²) in [6.07, 6.45) is 0. The molecular formula is C16H14ClN3O3S. The summed E-state index contributed by atoms with van der Waals surface area (Å²) in [7, 11) is 1.58. The molecule has 8 heteroatoms. The van der Waals surface area contributed by atoms with Gasteiger partial charge in [0.15, 0.2) is 0 Å². The number of nitrogens with zero attached hydrogens (tertiary/aromatic N) is 2. The lowest BCUT2D eigenvalue weighted by Crippen LogP contribution is -2.05. The van der Waals surface area contributed by atoms with Gasteiger partial charge in [0, 0.05) is 5.38 Å². The van der Waals surface area contributed by atoms with Crippen molar-refractivity contribution in [3.63, 3.8) is 0 Å². The van der Waals surface area contributed by atoms with Crippen LogP contribution in [0.15, 0.2) is 29.6 Å². The number of ether oxygens (including phenoxy) is 2. The fraction of sp³-hybridized carbons (Fsp3) is 0.188. The van der Waals surface area contributed by atoms with Crippen LogP contribution in [0, 0.1) is 0 Å². The summed E-state index contributed by atoms with van der Waals surface area (Å²) in [5.74, 6) is 0.657. The number of halogens is 1. The van der Waals surface area contributed by atoms with E-state index in [1.54, 1.807) is 19.4 Å². The number of esters is 1. The zero-order chi connectivity index (χ0) is 17.1. The standard InChI is InChI=1S/C16H14ClN3O3S/c1-3-23-15(21)9-8-24-14-12(9)13(19-16(17)20-14)18-10-6-4-5-7-11(10)22-2/h4-8H,3H2,1-2H3,(H,18,19,20). The van der Waals surface area contributed by atoms with Crippen molar-refractivity contribution in [2.75, 3.05) is 19.0 Å². The van der Waals surface area contributed by atoms with E-state index in [1.807, 2.05) is 24.3 Å². The Hall–Kier alpha value is -2.38. The summed E-state index contributed by atoms with van der Waals surface area (Å²) in [4.78, 5) is 21.2. The van der Waals surface area contributed by atoms with Crippen LogP contribution in [-0.2, 0) is 4.74 Å². The van der Waals surface area contributed by atoms with Crippen molar-refractivity contribution < 1.29 is 14.3 Å². The molecule has 0 radical (unpaired) electrons. The number of carbonyl (C=O) groups is 1. The zero-order valence-corrected chi connectivity index (χ0v) is 14.6. The molecule has 1 aromatic carbocycles. The smallest absolute Gasteiger partial charge is 0.339 e. The van der Waals surface area contributed by atoms with E-state index in [1.165, 1.54) is 11.3 Å². The van der Waals surface area contributed by atoms with Crippen molar-refractivity contribution in [2.45, 2.75) is 6.92 Å². The van der Waals surface area contributed by atoms with Gasteiger partial charge < -0.3 is 14.8 Å². The van der Waals surface area contributed by atoms with E-state index in [4.69, 9.17) is 21.1 Å². The highest BCUT2D eigenvalue weighted by molar-refractivity contribution is 7.17. The quantitative estimate of drug-likeness (QED) is 0.539. The third-order valence-electron chi connectivity index (χ3n) is 3.26.